The quantitative estimate of drug-likeness (QED) is 0.228. The Bertz CT molecular complexity index is 2070. The fourth-order valence-electron chi connectivity index (χ4n) is 5.37. The van der Waals surface area contributed by atoms with Gasteiger partial charge in [-0.3, -0.25) is 4.57 Å². The monoisotopic (exact) mass is 530 g/mol. The minimum atomic E-state index is 0.699. The third kappa shape index (κ3) is 3.79. The van der Waals surface area contributed by atoms with E-state index in [0.29, 0.717) is 5.82 Å². The van der Waals surface area contributed by atoms with Crippen LogP contribution in [-0.4, -0.2) is 19.5 Å². The van der Waals surface area contributed by atoms with Crippen LogP contribution < -0.4 is 0 Å². The third-order valence-corrected chi connectivity index (χ3v) is 8.34. The topological polar surface area (TPSA) is 43.6 Å². The molecule has 0 radical (unpaired) electrons. The molecule has 0 bridgehead atoms. The standard InChI is InChI=1S/C35H22N4S/c1-3-11-23(12-4-1)29-22-33(38-34(36-29)24-13-5-2-6-14-24)39-30-17-9-7-15-26(30)27-20-19-25(21-31(27)39)35-37-28-16-8-10-18-32(28)40-35/h1-22H. The first-order valence-corrected chi connectivity index (χ1v) is 14.0. The zero-order valence-corrected chi connectivity index (χ0v) is 22.2. The molecule has 3 aromatic heterocycles. The van der Waals surface area contributed by atoms with Crippen LogP contribution in [0.3, 0.4) is 0 Å². The third-order valence-electron chi connectivity index (χ3n) is 7.26. The first-order valence-electron chi connectivity index (χ1n) is 13.2. The lowest BCUT2D eigenvalue weighted by molar-refractivity contribution is 1.05. The average molecular weight is 531 g/mol. The molecule has 3 heterocycles. The summed E-state index contributed by atoms with van der Waals surface area (Å²) in [6, 6.07) is 46.1. The van der Waals surface area contributed by atoms with Crippen LogP contribution >= 0.6 is 11.3 Å². The Kier molecular flexibility index (Phi) is 5.28. The molecule has 0 aliphatic carbocycles. The SMILES string of the molecule is c1ccc(-c2cc(-n3c4ccccc4c4ccc(-c5nc6ccccc6s5)cc43)nc(-c3ccccc3)n2)cc1. The zero-order valence-electron chi connectivity index (χ0n) is 21.4. The van der Waals surface area contributed by atoms with Crippen molar-refractivity contribution in [3.05, 3.63) is 133 Å². The Labute approximate surface area is 234 Å². The molecular formula is C35H22N4S. The van der Waals surface area contributed by atoms with Gasteiger partial charge < -0.3 is 0 Å². The largest absolute Gasteiger partial charge is 0.294 e. The van der Waals surface area contributed by atoms with Crippen LogP contribution in [0.4, 0.5) is 0 Å². The van der Waals surface area contributed by atoms with Gasteiger partial charge in [0.1, 0.15) is 10.8 Å². The Balaban J connectivity index is 1.41. The fraction of sp³-hybridized carbons (Fsp3) is 0. The lowest BCUT2D eigenvalue weighted by Gasteiger charge is -2.12. The predicted molar refractivity (Wildman–Crippen MR) is 166 cm³/mol. The average Bonchev–Trinajstić information content (AvgIpc) is 3.61. The number of thiazole rings is 1. The van der Waals surface area contributed by atoms with Crippen molar-refractivity contribution in [2.24, 2.45) is 0 Å². The molecule has 188 valence electrons. The Morgan fingerprint density at radius 3 is 2.02 bits per heavy atom. The van der Waals surface area contributed by atoms with Gasteiger partial charge in [-0.05, 0) is 24.3 Å². The summed E-state index contributed by atoms with van der Waals surface area (Å²) in [5, 5.41) is 3.38. The van der Waals surface area contributed by atoms with Gasteiger partial charge in [0, 0.05) is 33.5 Å². The summed E-state index contributed by atoms with van der Waals surface area (Å²) in [5.74, 6) is 1.53. The van der Waals surface area contributed by atoms with Crippen molar-refractivity contribution >= 4 is 43.4 Å². The highest BCUT2D eigenvalue weighted by molar-refractivity contribution is 7.21. The summed E-state index contributed by atoms with van der Waals surface area (Å²) < 4.78 is 3.45. The van der Waals surface area contributed by atoms with Gasteiger partial charge in [0.2, 0.25) is 0 Å². The van der Waals surface area contributed by atoms with Crippen molar-refractivity contribution in [3.8, 4) is 39.0 Å². The lowest BCUT2D eigenvalue weighted by atomic mass is 10.1. The maximum Gasteiger partial charge on any atom is 0.162 e. The molecule has 40 heavy (non-hydrogen) atoms. The van der Waals surface area contributed by atoms with Crippen LogP contribution in [0.1, 0.15) is 0 Å². The minimum Gasteiger partial charge on any atom is -0.294 e. The molecule has 0 saturated heterocycles. The van der Waals surface area contributed by atoms with Crippen molar-refractivity contribution in [3.63, 3.8) is 0 Å². The molecule has 8 aromatic rings. The normalized spacial score (nSPS) is 11.5. The summed E-state index contributed by atoms with van der Waals surface area (Å²) >= 11 is 1.72. The van der Waals surface area contributed by atoms with E-state index in [4.69, 9.17) is 15.0 Å². The highest BCUT2D eigenvalue weighted by atomic mass is 32.1. The molecule has 8 rings (SSSR count). The van der Waals surface area contributed by atoms with E-state index in [1.165, 1.54) is 15.5 Å². The summed E-state index contributed by atoms with van der Waals surface area (Å²) in [6.45, 7) is 0. The summed E-state index contributed by atoms with van der Waals surface area (Å²) in [6.07, 6.45) is 0. The smallest absolute Gasteiger partial charge is 0.162 e. The van der Waals surface area contributed by atoms with E-state index in [1.54, 1.807) is 11.3 Å². The second-order valence-electron chi connectivity index (χ2n) is 9.74. The maximum absolute atomic E-state index is 5.15. The van der Waals surface area contributed by atoms with Crippen LogP contribution in [0.25, 0.3) is 71.1 Å². The van der Waals surface area contributed by atoms with Crippen LogP contribution in [-0.2, 0) is 0 Å². The van der Waals surface area contributed by atoms with Gasteiger partial charge in [-0.25, -0.2) is 15.0 Å². The molecule has 0 fully saturated rings. The van der Waals surface area contributed by atoms with Gasteiger partial charge >= 0.3 is 0 Å². The molecular weight excluding hydrogens is 508 g/mol. The number of fused-ring (bicyclic) bond motifs is 4. The molecule has 0 spiro atoms. The van der Waals surface area contributed by atoms with Crippen molar-refractivity contribution in [1.29, 1.82) is 0 Å². The number of hydrogen-bond acceptors (Lipinski definition) is 4. The molecule has 0 unspecified atom stereocenters. The van der Waals surface area contributed by atoms with Crippen LogP contribution in [0.5, 0.6) is 0 Å². The van der Waals surface area contributed by atoms with Crippen molar-refractivity contribution < 1.29 is 0 Å². The Morgan fingerprint density at radius 2 is 1.20 bits per heavy atom. The van der Waals surface area contributed by atoms with Crippen LogP contribution in [0, 0.1) is 0 Å². The second-order valence-corrected chi connectivity index (χ2v) is 10.8. The number of para-hydroxylation sites is 2. The van der Waals surface area contributed by atoms with E-state index >= 15 is 0 Å². The highest BCUT2D eigenvalue weighted by Crippen LogP contribution is 2.37. The molecule has 4 nitrogen and oxygen atoms in total. The lowest BCUT2D eigenvalue weighted by Crippen LogP contribution is -2.02. The van der Waals surface area contributed by atoms with E-state index < -0.39 is 0 Å². The zero-order chi connectivity index (χ0) is 26.5. The summed E-state index contributed by atoms with van der Waals surface area (Å²) in [5.41, 5.74) is 7.25. The fourth-order valence-corrected chi connectivity index (χ4v) is 6.33. The highest BCUT2D eigenvalue weighted by Gasteiger charge is 2.17. The molecule has 0 aliphatic rings. The van der Waals surface area contributed by atoms with Gasteiger partial charge in [0.25, 0.3) is 0 Å². The van der Waals surface area contributed by atoms with E-state index in [0.717, 1.165) is 49.8 Å². The molecule has 5 aromatic carbocycles. The van der Waals surface area contributed by atoms with E-state index in [1.807, 2.05) is 42.5 Å². The van der Waals surface area contributed by atoms with E-state index in [2.05, 4.69) is 95.6 Å². The Hall–Kier alpha value is -5.13. The molecule has 0 amide bonds. The molecule has 0 atom stereocenters. The first-order chi connectivity index (χ1) is 19.8. The van der Waals surface area contributed by atoms with Gasteiger partial charge in [0.05, 0.1) is 26.9 Å². The second kappa shape index (κ2) is 9.26. The van der Waals surface area contributed by atoms with E-state index in [-0.39, 0.29) is 0 Å². The first kappa shape index (κ1) is 22.8. The van der Waals surface area contributed by atoms with Crippen molar-refractivity contribution in [2.75, 3.05) is 0 Å². The minimum absolute atomic E-state index is 0.699. The molecule has 5 heteroatoms. The van der Waals surface area contributed by atoms with Gasteiger partial charge in [0.15, 0.2) is 5.82 Å². The van der Waals surface area contributed by atoms with Gasteiger partial charge in [-0.2, -0.15) is 0 Å². The molecule has 0 saturated carbocycles. The Morgan fingerprint density at radius 1 is 0.500 bits per heavy atom. The summed E-state index contributed by atoms with van der Waals surface area (Å²) in [4.78, 5) is 15.1. The van der Waals surface area contributed by atoms with E-state index in [9.17, 15) is 0 Å². The number of hydrogen-bond donors (Lipinski definition) is 0. The van der Waals surface area contributed by atoms with Crippen molar-refractivity contribution in [2.45, 2.75) is 0 Å². The van der Waals surface area contributed by atoms with Gasteiger partial charge in [-0.1, -0.05) is 103 Å². The number of nitrogens with zero attached hydrogens (tertiary/aromatic N) is 4. The summed E-state index contributed by atoms with van der Waals surface area (Å²) in [7, 11) is 0. The number of aromatic nitrogens is 4. The number of rotatable bonds is 4. The van der Waals surface area contributed by atoms with Crippen molar-refractivity contribution in [1.82, 2.24) is 19.5 Å². The predicted octanol–water partition coefficient (Wildman–Crippen LogP) is 9.18. The van der Waals surface area contributed by atoms with Gasteiger partial charge in [-0.15, -0.1) is 11.3 Å². The maximum atomic E-state index is 5.15. The molecule has 0 aliphatic heterocycles. The number of benzene rings is 5. The molecule has 0 N–H and O–H groups in total. The van der Waals surface area contributed by atoms with Crippen LogP contribution in [0.15, 0.2) is 133 Å². The van der Waals surface area contributed by atoms with Crippen LogP contribution in [0.2, 0.25) is 0 Å².